The van der Waals surface area contributed by atoms with Crippen molar-refractivity contribution in [3.63, 3.8) is 0 Å². The van der Waals surface area contributed by atoms with Crippen molar-refractivity contribution in [1.29, 1.82) is 0 Å². The second-order valence-electron chi connectivity index (χ2n) is 2.95. The quantitative estimate of drug-likeness (QED) is 0.663. The third-order valence-corrected chi connectivity index (χ3v) is 2.04. The average Bonchev–Trinajstić information content (AvgIpc) is 2.04. The first-order valence-corrected chi connectivity index (χ1v) is 3.92. The molecule has 0 bridgehead atoms. The molecule has 1 heterocycles. The molecule has 0 fully saturated rings. The third kappa shape index (κ3) is 1.82. The van der Waals surface area contributed by atoms with Crippen LogP contribution in [0.1, 0.15) is 18.0 Å². The third-order valence-electron chi connectivity index (χ3n) is 2.04. The summed E-state index contributed by atoms with van der Waals surface area (Å²) in [6.07, 6.45) is 0.386. The van der Waals surface area contributed by atoms with Gasteiger partial charge in [-0.05, 0) is 11.6 Å². The van der Waals surface area contributed by atoms with Crippen molar-refractivity contribution in [2.24, 2.45) is 5.73 Å². The molecule has 0 saturated heterocycles. The maximum Gasteiger partial charge on any atom is 0.226 e. The summed E-state index contributed by atoms with van der Waals surface area (Å²) < 4.78 is 0. The van der Waals surface area contributed by atoms with Gasteiger partial charge in [-0.2, -0.15) is 0 Å². The minimum absolute atomic E-state index is 0. The smallest absolute Gasteiger partial charge is 0.226 e. The first-order valence-electron chi connectivity index (χ1n) is 3.92. The van der Waals surface area contributed by atoms with Gasteiger partial charge >= 0.3 is 0 Å². The molecule has 2 rings (SSSR count). The predicted molar refractivity (Wildman–Crippen MR) is 53.9 cm³/mol. The molecule has 1 aliphatic rings. The van der Waals surface area contributed by atoms with Gasteiger partial charge in [-0.3, -0.25) is 4.79 Å². The Morgan fingerprint density at radius 3 is 2.85 bits per heavy atom. The Balaban J connectivity index is 0.000000845. The number of carbonyl (C=O) groups is 1. The van der Waals surface area contributed by atoms with Crippen molar-refractivity contribution >= 4 is 24.0 Å². The number of hydrogen-bond donors (Lipinski definition) is 2. The van der Waals surface area contributed by atoms with E-state index in [1.807, 2.05) is 24.3 Å². The van der Waals surface area contributed by atoms with Crippen LogP contribution in [0.5, 0.6) is 0 Å². The molecule has 0 aliphatic carbocycles. The minimum atomic E-state index is -0.144. The summed E-state index contributed by atoms with van der Waals surface area (Å²) in [5.41, 5.74) is 7.65. The minimum Gasteiger partial charge on any atom is -0.326 e. The Hall–Kier alpha value is -1.06. The van der Waals surface area contributed by atoms with E-state index >= 15 is 0 Å². The largest absolute Gasteiger partial charge is 0.326 e. The van der Waals surface area contributed by atoms with E-state index in [1.165, 1.54) is 0 Å². The van der Waals surface area contributed by atoms with Crippen LogP contribution in [0.4, 0.5) is 5.69 Å². The van der Waals surface area contributed by atoms with Crippen LogP contribution in [0.15, 0.2) is 24.3 Å². The number of para-hydroxylation sites is 1. The normalized spacial score (nSPS) is 19.8. The molecule has 0 saturated carbocycles. The number of fused-ring (bicyclic) bond motifs is 1. The molecule has 13 heavy (non-hydrogen) atoms. The molecule has 1 aromatic rings. The van der Waals surface area contributed by atoms with Crippen molar-refractivity contribution < 1.29 is 4.79 Å². The van der Waals surface area contributed by atoms with Crippen LogP contribution >= 0.6 is 12.4 Å². The molecule has 4 heteroatoms. The predicted octanol–water partition coefficient (Wildman–Crippen LogP) is 1.45. The summed E-state index contributed by atoms with van der Waals surface area (Å²) in [5.74, 6) is 0.00111. The van der Waals surface area contributed by atoms with Crippen LogP contribution in [0, 0.1) is 0 Å². The molecule has 1 aromatic carbocycles. The van der Waals surface area contributed by atoms with Crippen molar-refractivity contribution in [3.8, 4) is 0 Å². The number of anilines is 1. The monoisotopic (exact) mass is 198 g/mol. The molecule has 1 atom stereocenters. The molecule has 70 valence electrons. The van der Waals surface area contributed by atoms with Gasteiger partial charge in [0.2, 0.25) is 5.91 Å². The van der Waals surface area contributed by atoms with Crippen LogP contribution in [0.3, 0.4) is 0 Å². The summed E-state index contributed by atoms with van der Waals surface area (Å²) >= 11 is 0. The fraction of sp³-hybridized carbons (Fsp3) is 0.222. The van der Waals surface area contributed by atoms with Crippen molar-refractivity contribution in [1.82, 2.24) is 0 Å². The summed E-state index contributed by atoms with van der Waals surface area (Å²) in [5, 5.41) is 2.77. The van der Waals surface area contributed by atoms with Gasteiger partial charge in [-0.25, -0.2) is 0 Å². The number of hydrogen-bond acceptors (Lipinski definition) is 2. The second-order valence-corrected chi connectivity index (χ2v) is 2.95. The number of nitrogens with one attached hydrogen (secondary N) is 1. The lowest BCUT2D eigenvalue weighted by molar-refractivity contribution is -0.116. The van der Waals surface area contributed by atoms with E-state index in [0.717, 1.165) is 11.3 Å². The fourth-order valence-corrected chi connectivity index (χ4v) is 1.45. The SMILES string of the molecule is Cl.NC1CC(=O)Nc2ccccc21. The highest BCUT2D eigenvalue weighted by molar-refractivity contribution is 5.94. The average molecular weight is 199 g/mol. The zero-order valence-electron chi connectivity index (χ0n) is 6.99. The van der Waals surface area contributed by atoms with E-state index < -0.39 is 0 Å². The summed E-state index contributed by atoms with van der Waals surface area (Å²) in [7, 11) is 0. The zero-order valence-corrected chi connectivity index (χ0v) is 7.80. The second kappa shape index (κ2) is 3.77. The van der Waals surface area contributed by atoms with Gasteiger partial charge in [0.05, 0.1) is 0 Å². The van der Waals surface area contributed by atoms with Crippen LogP contribution in [-0.2, 0) is 4.79 Å². The van der Waals surface area contributed by atoms with Gasteiger partial charge in [-0.1, -0.05) is 18.2 Å². The van der Waals surface area contributed by atoms with Crippen LogP contribution in [0.25, 0.3) is 0 Å². The number of halogens is 1. The lowest BCUT2D eigenvalue weighted by atomic mass is 9.99. The van der Waals surface area contributed by atoms with Crippen molar-refractivity contribution in [2.75, 3.05) is 5.32 Å². The highest BCUT2D eigenvalue weighted by atomic mass is 35.5. The van der Waals surface area contributed by atoms with Gasteiger partial charge in [-0.15, -0.1) is 12.4 Å². The van der Waals surface area contributed by atoms with E-state index in [9.17, 15) is 4.79 Å². The van der Waals surface area contributed by atoms with Gasteiger partial charge in [0.25, 0.3) is 0 Å². The van der Waals surface area contributed by atoms with Crippen LogP contribution in [0.2, 0.25) is 0 Å². The Morgan fingerprint density at radius 1 is 1.38 bits per heavy atom. The Kier molecular flexibility index (Phi) is 2.90. The van der Waals surface area contributed by atoms with Gasteiger partial charge in [0, 0.05) is 18.2 Å². The molecule has 0 aromatic heterocycles. The number of benzene rings is 1. The van der Waals surface area contributed by atoms with E-state index in [0.29, 0.717) is 6.42 Å². The van der Waals surface area contributed by atoms with Gasteiger partial charge in [0.15, 0.2) is 0 Å². The molecule has 0 spiro atoms. The lowest BCUT2D eigenvalue weighted by Gasteiger charge is -2.21. The van der Waals surface area contributed by atoms with Crippen molar-refractivity contribution in [3.05, 3.63) is 29.8 Å². The van der Waals surface area contributed by atoms with Crippen molar-refractivity contribution in [2.45, 2.75) is 12.5 Å². The molecular formula is C9H11ClN2O. The van der Waals surface area contributed by atoms with Crippen LogP contribution in [-0.4, -0.2) is 5.91 Å². The fourth-order valence-electron chi connectivity index (χ4n) is 1.45. The number of nitrogens with two attached hydrogens (primary N) is 1. The number of rotatable bonds is 0. The topological polar surface area (TPSA) is 55.1 Å². The van der Waals surface area contributed by atoms with E-state index in [1.54, 1.807) is 0 Å². The van der Waals surface area contributed by atoms with E-state index in [-0.39, 0.29) is 24.4 Å². The lowest BCUT2D eigenvalue weighted by Crippen LogP contribution is -2.27. The first kappa shape index (κ1) is 10.0. The van der Waals surface area contributed by atoms with Crippen LogP contribution < -0.4 is 11.1 Å². The summed E-state index contributed by atoms with van der Waals surface area (Å²) in [4.78, 5) is 11.0. The first-order chi connectivity index (χ1) is 5.77. The Bertz CT molecular complexity index is 327. The molecule has 0 radical (unpaired) electrons. The number of carbonyl (C=O) groups excluding carboxylic acids is 1. The molecule has 3 nitrogen and oxygen atoms in total. The molecule has 1 aliphatic heterocycles. The molecule has 3 N–H and O–H groups in total. The Labute approximate surface area is 82.7 Å². The van der Waals surface area contributed by atoms with E-state index in [4.69, 9.17) is 5.73 Å². The maximum atomic E-state index is 11.0. The Morgan fingerprint density at radius 2 is 2.08 bits per heavy atom. The molecule has 1 amide bonds. The zero-order chi connectivity index (χ0) is 8.55. The highest BCUT2D eigenvalue weighted by Gasteiger charge is 2.20. The molecular weight excluding hydrogens is 188 g/mol. The standard InChI is InChI=1S/C9H10N2O.ClH/c10-7-5-9(12)11-8-4-2-1-3-6(7)8;/h1-4,7H,5,10H2,(H,11,12);1H. The highest BCUT2D eigenvalue weighted by Crippen LogP contribution is 2.27. The summed E-state index contributed by atoms with van der Waals surface area (Å²) in [6.45, 7) is 0. The van der Waals surface area contributed by atoms with Gasteiger partial charge in [0.1, 0.15) is 0 Å². The summed E-state index contributed by atoms with van der Waals surface area (Å²) in [6, 6.07) is 7.48. The maximum absolute atomic E-state index is 11.0. The number of amides is 1. The molecule has 1 unspecified atom stereocenters. The van der Waals surface area contributed by atoms with Gasteiger partial charge < -0.3 is 11.1 Å². The van der Waals surface area contributed by atoms with E-state index in [2.05, 4.69) is 5.32 Å².